The van der Waals surface area contributed by atoms with Gasteiger partial charge >= 0.3 is 0 Å². The third kappa shape index (κ3) is 2.24. The van der Waals surface area contributed by atoms with E-state index in [9.17, 15) is 5.11 Å². The van der Waals surface area contributed by atoms with Crippen LogP contribution in [0.15, 0.2) is 23.8 Å². The van der Waals surface area contributed by atoms with E-state index in [-0.39, 0.29) is 11.5 Å². The maximum atomic E-state index is 10.1. The number of fused-ring (bicyclic) bond motifs is 1. The number of hydrogen-bond acceptors (Lipinski definition) is 1. The van der Waals surface area contributed by atoms with Crippen molar-refractivity contribution in [3.05, 3.63) is 23.8 Å². The summed E-state index contributed by atoms with van der Waals surface area (Å²) >= 11 is 0. The van der Waals surface area contributed by atoms with E-state index in [2.05, 4.69) is 33.4 Å². The van der Waals surface area contributed by atoms with Crippen molar-refractivity contribution in [3.63, 3.8) is 0 Å². The summed E-state index contributed by atoms with van der Waals surface area (Å²) in [5.41, 5.74) is 2.82. The molecule has 0 aromatic heterocycles. The van der Waals surface area contributed by atoms with Crippen molar-refractivity contribution < 1.29 is 5.11 Å². The van der Waals surface area contributed by atoms with Crippen LogP contribution in [0.1, 0.15) is 46.5 Å². The third-order valence-corrected chi connectivity index (χ3v) is 4.50. The molecule has 0 spiro atoms. The Morgan fingerprint density at radius 2 is 2.12 bits per heavy atom. The lowest BCUT2D eigenvalue weighted by Crippen LogP contribution is -2.24. The van der Waals surface area contributed by atoms with Crippen LogP contribution in [0.25, 0.3) is 0 Å². The van der Waals surface area contributed by atoms with Gasteiger partial charge in [0.05, 0.1) is 6.10 Å². The molecular formula is C15H24O. The number of hydrogen-bond donors (Lipinski definition) is 1. The van der Waals surface area contributed by atoms with Gasteiger partial charge < -0.3 is 5.11 Å². The standard InChI is InChI=1S/C15H24O/c1-10-6-5-7-11(2)14(16)9-15(3,4)13-8-12(10)13/h7,12-14,16H,1,5-6,8-9H2,2-4H3/b11-7-/t12-,13+,14?/m1/s1. The molecule has 1 heteroatoms. The summed E-state index contributed by atoms with van der Waals surface area (Å²) in [6.45, 7) is 10.9. The third-order valence-electron chi connectivity index (χ3n) is 4.50. The Morgan fingerprint density at radius 1 is 1.44 bits per heavy atom. The van der Waals surface area contributed by atoms with E-state index < -0.39 is 0 Å². The van der Waals surface area contributed by atoms with Crippen LogP contribution in [0.5, 0.6) is 0 Å². The second-order valence-electron chi connectivity index (χ2n) is 6.30. The van der Waals surface area contributed by atoms with Crippen molar-refractivity contribution in [2.75, 3.05) is 0 Å². The smallest absolute Gasteiger partial charge is 0.0752 e. The lowest BCUT2D eigenvalue weighted by molar-refractivity contribution is 0.126. The van der Waals surface area contributed by atoms with E-state index >= 15 is 0 Å². The monoisotopic (exact) mass is 220 g/mol. The van der Waals surface area contributed by atoms with E-state index in [1.165, 1.54) is 12.0 Å². The number of rotatable bonds is 0. The van der Waals surface area contributed by atoms with Crippen LogP contribution >= 0.6 is 0 Å². The van der Waals surface area contributed by atoms with Gasteiger partial charge in [0.1, 0.15) is 0 Å². The molecule has 1 nitrogen and oxygen atoms in total. The molecule has 2 rings (SSSR count). The molecule has 16 heavy (non-hydrogen) atoms. The average Bonchev–Trinajstić information content (AvgIpc) is 2.95. The topological polar surface area (TPSA) is 20.2 Å². The predicted molar refractivity (Wildman–Crippen MR) is 68.1 cm³/mol. The molecule has 90 valence electrons. The fraction of sp³-hybridized carbons (Fsp3) is 0.733. The Hall–Kier alpha value is -0.560. The van der Waals surface area contributed by atoms with Gasteiger partial charge in [-0.2, -0.15) is 0 Å². The zero-order valence-corrected chi connectivity index (χ0v) is 10.8. The molecule has 0 aromatic rings. The van der Waals surface area contributed by atoms with E-state index in [1.54, 1.807) is 0 Å². The van der Waals surface area contributed by atoms with E-state index in [4.69, 9.17) is 0 Å². The summed E-state index contributed by atoms with van der Waals surface area (Å²) in [6.07, 6.45) is 6.27. The van der Waals surface area contributed by atoms with Gasteiger partial charge in [0.25, 0.3) is 0 Å². The minimum atomic E-state index is -0.248. The Balaban J connectivity index is 2.18. The Morgan fingerprint density at radius 3 is 2.81 bits per heavy atom. The first kappa shape index (κ1) is 11.9. The molecule has 1 saturated carbocycles. The summed E-state index contributed by atoms with van der Waals surface area (Å²) in [7, 11) is 0. The quantitative estimate of drug-likeness (QED) is 0.617. The van der Waals surface area contributed by atoms with Gasteiger partial charge in [-0.05, 0) is 55.4 Å². The summed E-state index contributed by atoms with van der Waals surface area (Å²) in [5, 5.41) is 10.1. The van der Waals surface area contributed by atoms with Crippen molar-refractivity contribution in [1.82, 2.24) is 0 Å². The summed E-state index contributed by atoms with van der Waals surface area (Å²) in [5.74, 6) is 1.48. The summed E-state index contributed by atoms with van der Waals surface area (Å²) < 4.78 is 0. The lowest BCUT2D eigenvalue weighted by atomic mass is 9.78. The summed E-state index contributed by atoms with van der Waals surface area (Å²) in [6, 6.07) is 0. The molecule has 0 saturated heterocycles. The van der Waals surface area contributed by atoms with E-state index in [0.717, 1.165) is 36.7 Å². The van der Waals surface area contributed by atoms with Crippen molar-refractivity contribution in [2.24, 2.45) is 17.3 Å². The molecule has 0 amide bonds. The minimum Gasteiger partial charge on any atom is -0.389 e. The molecule has 0 heterocycles. The lowest BCUT2D eigenvalue weighted by Gasteiger charge is -2.29. The van der Waals surface area contributed by atoms with Crippen LogP contribution in [-0.4, -0.2) is 11.2 Å². The number of allylic oxidation sites excluding steroid dienone is 2. The highest BCUT2D eigenvalue weighted by Gasteiger charge is 2.48. The molecule has 0 bridgehead atoms. The number of aliphatic hydroxyl groups excluding tert-OH is 1. The number of aliphatic hydroxyl groups is 1. The average molecular weight is 220 g/mol. The fourth-order valence-electron chi connectivity index (χ4n) is 3.13. The van der Waals surface area contributed by atoms with Gasteiger partial charge in [0, 0.05) is 0 Å². The molecular weight excluding hydrogens is 196 g/mol. The zero-order valence-electron chi connectivity index (χ0n) is 10.8. The fourth-order valence-corrected chi connectivity index (χ4v) is 3.13. The molecule has 1 N–H and O–H groups in total. The molecule has 2 aliphatic rings. The van der Waals surface area contributed by atoms with Gasteiger partial charge in [-0.15, -0.1) is 0 Å². The van der Waals surface area contributed by atoms with Crippen LogP contribution in [-0.2, 0) is 0 Å². The second kappa shape index (κ2) is 4.03. The van der Waals surface area contributed by atoms with Crippen LogP contribution in [0.2, 0.25) is 0 Å². The highest BCUT2D eigenvalue weighted by molar-refractivity contribution is 5.18. The van der Waals surface area contributed by atoms with Crippen LogP contribution in [0.3, 0.4) is 0 Å². The predicted octanol–water partition coefficient (Wildman–Crippen LogP) is 3.70. The zero-order chi connectivity index (χ0) is 11.9. The first-order valence-corrected chi connectivity index (χ1v) is 6.44. The van der Waals surface area contributed by atoms with Gasteiger partial charge in [0.2, 0.25) is 0 Å². The SMILES string of the molecule is C=C1CC/C=C(/C)C(O)CC(C)(C)[C@H]2C[C@H]12. The molecule has 3 atom stereocenters. The highest BCUT2D eigenvalue weighted by atomic mass is 16.3. The maximum Gasteiger partial charge on any atom is 0.0752 e. The van der Waals surface area contributed by atoms with Crippen molar-refractivity contribution in [1.29, 1.82) is 0 Å². The van der Waals surface area contributed by atoms with Crippen molar-refractivity contribution in [3.8, 4) is 0 Å². The van der Waals surface area contributed by atoms with Gasteiger partial charge in [-0.25, -0.2) is 0 Å². The van der Waals surface area contributed by atoms with Crippen LogP contribution in [0.4, 0.5) is 0 Å². The molecule has 0 aliphatic heterocycles. The largest absolute Gasteiger partial charge is 0.389 e. The van der Waals surface area contributed by atoms with Gasteiger partial charge in [-0.3, -0.25) is 0 Å². The van der Waals surface area contributed by atoms with Crippen LogP contribution in [0, 0.1) is 17.3 Å². The molecule has 0 radical (unpaired) electrons. The Bertz CT molecular complexity index is 324. The minimum absolute atomic E-state index is 0.248. The molecule has 1 fully saturated rings. The van der Waals surface area contributed by atoms with Crippen molar-refractivity contribution in [2.45, 2.75) is 52.6 Å². The van der Waals surface area contributed by atoms with E-state index in [0.29, 0.717) is 0 Å². The highest BCUT2D eigenvalue weighted by Crippen LogP contribution is 2.57. The second-order valence-corrected chi connectivity index (χ2v) is 6.30. The first-order chi connectivity index (χ1) is 7.42. The van der Waals surface area contributed by atoms with Crippen molar-refractivity contribution >= 4 is 0 Å². The maximum absolute atomic E-state index is 10.1. The Kier molecular flexibility index (Phi) is 3.00. The molecule has 0 aromatic carbocycles. The summed E-state index contributed by atoms with van der Waals surface area (Å²) in [4.78, 5) is 0. The molecule has 2 aliphatic carbocycles. The Labute approximate surface area is 99.3 Å². The van der Waals surface area contributed by atoms with Gasteiger partial charge in [-0.1, -0.05) is 32.1 Å². The first-order valence-electron chi connectivity index (χ1n) is 6.44. The normalized spacial score (nSPS) is 41.9. The van der Waals surface area contributed by atoms with Crippen LogP contribution < -0.4 is 0 Å². The molecule has 1 unspecified atom stereocenters. The van der Waals surface area contributed by atoms with Gasteiger partial charge in [0.15, 0.2) is 0 Å². The van der Waals surface area contributed by atoms with E-state index in [1.807, 2.05) is 0 Å².